The molecule has 0 radical (unpaired) electrons. The molecule has 0 aliphatic carbocycles. The van der Waals surface area contributed by atoms with Crippen LogP contribution >= 0.6 is 0 Å². The van der Waals surface area contributed by atoms with Crippen molar-refractivity contribution in [2.45, 2.75) is 52.2 Å². The van der Waals surface area contributed by atoms with Crippen LogP contribution in [0.2, 0.25) is 0 Å². The number of hydrogen-bond donors (Lipinski definition) is 2. The summed E-state index contributed by atoms with van der Waals surface area (Å²) < 4.78 is 0. The molecule has 0 saturated heterocycles. The van der Waals surface area contributed by atoms with Crippen LogP contribution in [0.4, 0.5) is 0 Å². The summed E-state index contributed by atoms with van der Waals surface area (Å²) in [6.45, 7) is 9.36. The fourth-order valence-corrected chi connectivity index (χ4v) is 4.10. The Bertz CT molecular complexity index is 1100. The van der Waals surface area contributed by atoms with E-state index in [9.17, 15) is 10.2 Å². The first kappa shape index (κ1) is 21.4. The Morgan fingerprint density at radius 3 is 1.77 bits per heavy atom. The zero-order chi connectivity index (χ0) is 22.4. The Kier molecular flexibility index (Phi) is 5.28. The summed E-state index contributed by atoms with van der Waals surface area (Å²) in [5.74, 6) is 0. The largest absolute Gasteiger partial charge is 0.386 e. The molecule has 0 saturated carbocycles. The molecule has 2 aromatic rings. The van der Waals surface area contributed by atoms with Gasteiger partial charge in [0.15, 0.2) is 0 Å². The third-order valence-corrected chi connectivity index (χ3v) is 6.01. The van der Waals surface area contributed by atoms with Crippen LogP contribution in [-0.2, 0) is 11.2 Å². The third kappa shape index (κ3) is 4.30. The molecule has 2 N–H and O–H groups in total. The Morgan fingerprint density at radius 1 is 0.742 bits per heavy atom. The molecule has 0 fully saturated rings. The Labute approximate surface area is 185 Å². The minimum Gasteiger partial charge on any atom is -0.386 e. The molecule has 0 unspecified atom stereocenters. The standard InChI is InChI=1S/C28H31NO2/c1-19-17-24-7-6-8-26(21-11-15-23(16-12-21)28(4,5)31)29(24)18-25(19)20-9-13-22(14-10-20)27(2,3)30/h7-18,30-31H,6H2,1-5H3. The van der Waals surface area contributed by atoms with E-state index in [0.29, 0.717) is 0 Å². The minimum absolute atomic E-state index is 0.849. The Morgan fingerprint density at radius 2 is 1.26 bits per heavy atom. The van der Waals surface area contributed by atoms with Gasteiger partial charge in [-0.2, -0.15) is 0 Å². The third-order valence-electron chi connectivity index (χ3n) is 6.01. The lowest BCUT2D eigenvalue weighted by Gasteiger charge is -2.33. The fourth-order valence-electron chi connectivity index (χ4n) is 4.10. The lowest BCUT2D eigenvalue weighted by atomic mass is 9.91. The molecule has 0 spiro atoms. The highest BCUT2D eigenvalue weighted by atomic mass is 16.3. The first-order valence-corrected chi connectivity index (χ1v) is 10.8. The lowest BCUT2D eigenvalue weighted by Crippen LogP contribution is -2.21. The van der Waals surface area contributed by atoms with Gasteiger partial charge in [-0.05, 0) is 74.9 Å². The molecule has 0 bridgehead atoms. The normalized spacial score (nSPS) is 16.8. The van der Waals surface area contributed by atoms with Crippen molar-refractivity contribution in [3.8, 4) is 0 Å². The molecular weight excluding hydrogens is 382 g/mol. The number of aliphatic hydroxyl groups is 2. The molecular formula is C28H31NO2. The van der Waals surface area contributed by atoms with Crippen LogP contribution in [0, 0.1) is 0 Å². The second-order valence-electron chi connectivity index (χ2n) is 9.47. The van der Waals surface area contributed by atoms with Gasteiger partial charge < -0.3 is 15.1 Å². The monoisotopic (exact) mass is 413 g/mol. The van der Waals surface area contributed by atoms with E-state index in [1.165, 1.54) is 16.8 Å². The molecule has 0 amide bonds. The lowest BCUT2D eigenvalue weighted by molar-refractivity contribution is 0.0780. The Balaban J connectivity index is 1.69. The Hall–Kier alpha value is -2.88. The molecule has 3 nitrogen and oxygen atoms in total. The topological polar surface area (TPSA) is 43.7 Å². The molecule has 4 rings (SSSR count). The molecule has 0 aromatic heterocycles. The van der Waals surface area contributed by atoms with Crippen molar-refractivity contribution in [1.82, 2.24) is 4.90 Å². The van der Waals surface area contributed by atoms with E-state index in [-0.39, 0.29) is 0 Å². The molecule has 2 aliphatic heterocycles. The van der Waals surface area contributed by atoms with Gasteiger partial charge in [0.05, 0.1) is 11.2 Å². The van der Waals surface area contributed by atoms with E-state index >= 15 is 0 Å². The maximum Gasteiger partial charge on any atom is 0.0840 e. The van der Waals surface area contributed by atoms with Gasteiger partial charge in [0.2, 0.25) is 0 Å². The second kappa shape index (κ2) is 7.67. The number of benzene rings is 2. The van der Waals surface area contributed by atoms with Gasteiger partial charge in [0.25, 0.3) is 0 Å². The van der Waals surface area contributed by atoms with Gasteiger partial charge >= 0.3 is 0 Å². The van der Waals surface area contributed by atoms with Crippen LogP contribution in [0.15, 0.2) is 84.2 Å². The van der Waals surface area contributed by atoms with E-state index < -0.39 is 11.2 Å². The summed E-state index contributed by atoms with van der Waals surface area (Å²) in [5.41, 5.74) is 7.07. The average Bonchev–Trinajstić information content (AvgIpc) is 2.72. The molecule has 2 heterocycles. The van der Waals surface area contributed by atoms with Crippen LogP contribution in [0.3, 0.4) is 0 Å². The number of allylic oxidation sites excluding steroid dienone is 5. The summed E-state index contributed by atoms with van der Waals surface area (Å²) in [4.78, 5) is 2.24. The van der Waals surface area contributed by atoms with Crippen molar-refractivity contribution in [3.05, 3.63) is 106 Å². The van der Waals surface area contributed by atoms with Crippen molar-refractivity contribution in [2.24, 2.45) is 0 Å². The van der Waals surface area contributed by atoms with E-state index in [4.69, 9.17) is 0 Å². The molecule has 3 heteroatoms. The number of fused-ring (bicyclic) bond motifs is 1. The van der Waals surface area contributed by atoms with E-state index in [0.717, 1.165) is 34.4 Å². The highest BCUT2D eigenvalue weighted by Crippen LogP contribution is 2.38. The quantitative estimate of drug-likeness (QED) is 0.639. The van der Waals surface area contributed by atoms with Crippen molar-refractivity contribution >= 4 is 11.3 Å². The predicted molar refractivity (Wildman–Crippen MR) is 128 cm³/mol. The highest BCUT2D eigenvalue weighted by molar-refractivity contribution is 5.84. The number of hydrogen-bond acceptors (Lipinski definition) is 3. The fraction of sp³-hybridized carbons (Fsp3) is 0.286. The van der Waals surface area contributed by atoms with Gasteiger partial charge in [-0.15, -0.1) is 0 Å². The van der Waals surface area contributed by atoms with Crippen LogP contribution in [0.1, 0.15) is 63.3 Å². The SMILES string of the molecule is CC1=CC2=CCC=C(c3ccc(C(C)(C)O)cc3)N2C=C1c1ccc(C(C)(C)O)cc1. The minimum atomic E-state index is -0.849. The summed E-state index contributed by atoms with van der Waals surface area (Å²) in [7, 11) is 0. The number of nitrogens with zero attached hydrogens (tertiary/aromatic N) is 1. The van der Waals surface area contributed by atoms with Crippen LogP contribution in [0.5, 0.6) is 0 Å². The van der Waals surface area contributed by atoms with E-state index in [1.54, 1.807) is 27.7 Å². The first-order chi connectivity index (χ1) is 14.5. The molecule has 31 heavy (non-hydrogen) atoms. The van der Waals surface area contributed by atoms with Crippen molar-refractivity contribution in [1.29, 1.82) is 0 Å². The molecule has 0 atom stereocenters. The molecule has 2 aromatic carbocycles. The maximum absolute atomic E-state index is 10.3. The summed E-state index contributed by atoms with van der Waals surface area (Å²) >= 11 is 0. The smallest absolute Gasteiger partial charge is 0.0840 e. The van der Waals surface area contributed by atoms with Crippen molar-refractivity contribution in [3.63, 3.8) is 0 Å². The van der Waals surface area contributed by atoms with Gasteiger partial charge in [0.1, 0.15) is 0 Å². The predicted octanol–water partition coefficient (Wildman–Crippen LogP) is 6.07. The average molecular weight is 414 g/mol. The number of rotatable bonds is 4. The van der Waals surface area contributed by atoms with Gasteiger partial charge in [-0.3, -0.25) is 0 Å². The first-order valence-electron chi connectivity index (χ1n) is 10.8. The van der Waals surface area contributed by atoms with Crippen LogP contribution in [0.25, 0.3) is 11.3 Å². The summed E-state index contributed by atoms with van der Waals surface area (Å²) in [6, 6.07) is 16.3. The van der Waals surface area contributed by atoms with Gasteiger partial charge in [0, 0.05) is 23.2 Å². The molecule has 160 valence electrons. The second-order valence-corrected chi connectivity index (χ2v) is 9.47. The zero-order valence-corrected chi connectivity index (χ0v) is 19.0. The highest BCUT2D eigenvalue weighted by Gasteiger charge is 2.23. The van der Waals surface area contributed by atoms with Crippen molar-refractivity contribution < 1.29 is 10.2 Å². The van der Waals surface area contributed by atoms with E-state index in [2.05, 4.69) is 60.5 Å². The summed E-state index contributed by atoms with van der Waals surface area (Å²) in [5, 5.41) is 20.5. The van der Waals surface area contributed by atoms with Crippen LogP contribution in [-0.4, -0.2) is 15.1 Å². The molecule has 2 aliphatic rings. The zero-order valence-electron chi connectivity index (χ0n) is 19.0. The van der Waals surface area contributed by atoms with E-state index in [1.807, 2.05) is 24.3 Å². The van der Waals surface area contributed by atoms with Crippen LogP contribution < -0.4 is 0 Å². The van der Waals surface area contributed by atoms with Gasteiger partial charge in [-0.1, -0.05) is 60.7 Å². The van der Waals surface area contributed by atoms with Crippen molar-refractivity contribution in [2.75, 3.05) is 0 Å². The maximum atomic E-state index is 10.3. The van der Waals surface area contributed by atoms with Gasteiger partial charge in [-0.25, -0.2) is 0 Å². The summed E-state index contributed by atoms with van der Waals surface area (Å²) in [6.07, 6.45) is 9.81.